The first-order valence-electron chi connectivity index (χ1n) is 24.2. The molecule has 0 aliphatic rings. The molecule has 8 nitrogen and oxygen atoms in total. The second kappa shape index (κ2) is 26.2. The van der Waals surface area contributed by atoms with Gasteiger partial charge in [-0.15, -0.1) is 0 Å². The van der Waals surface area contributed by atoms with Gasteiger partial charge in [0.15, 0.2) is 0 Å². The molecule has 0 saturated heterocycles. The Hall–Kier alpha value is -4.46. The van der Waals surface area contributed by atoms with Crippen LogP contribution in [0.25, 0.3) is 32.3 Å². The average molecular weight is 853 g/mol. The summed E-state index contributed by atoms with van der Waals surface area (Å²) < 4.78 is 23.8. The van der Waals surface area contributed by atoms with Crippen LogP contribution in [0.3, 0.4) is 0 Å². The van der Waals surface area contributed by atoms with Gasteiger partial charge in [-0.3, -0.25) is 0 Å². The third kappa shape index (κ3) is 13.8. The van der Waals surface area contributed by atoms with Gasteiger partial charge in [-0.1, -0.05) is 145 Å². The molecule has 0 N–H and O–H groups in total. The zero-order valence-electron chi connectivity index (χ0n) is 39.3. The number of unbranched alkanes of at least 4 members (excludes halogenated alkanes) is 4. The summed E-state index contributed by atoms with van der Waals surface area (Å²) in [6.07, 6.45) is 16.0. The highest BCUT2D eigenvalue weighted by atomic mass is 16.5. The van der Waals surface area contributed by atoms with Crippen molar-refractivity contribution in [2.24, 2.45) is 23.7 Å². The smallest absolute Gasteiger partial charge is 0.339 e. The second-order valence-corrected chi connectivity index (χ2v) is 17.5. The fourth-order valence-electron chi connectivity index (χ4n) is 8.33. The summed E-state index contributed by atoms with van der Waals surface area (Å²) >= 11 is 0. The number of benzene rings is 4. The Bertz CT molecular complexity index is 2030. The summed E-state index contributed by atoms with van der Waals surface area (Å²) in [6.45, 7) is 18.3. The zero-order valence-corrected chi connectivity index (χ0v) is 39.3. The highest BCUT2D eigenvalue weighted by Crippen LogP contribution is 2.38. The summed E-state index contributed by atoms with van der Waals surface area (Å²) in [4.78, 5) is 55.8. The van der Waals surface area contributed by atoms with Gasteiger partial charge in [-0.2, -0.15) is 0 Å². The minimum Gasteiger partial charge on any atom is -0.462 e. The van der Waals surface area contributed by atoms with Gasteiger partial charge in [0.05, 0.1) is 48.7 Å². The van der Waals surface area contributed by atoms with Crippen LogP contribution < -0.4 is 0 Å². The lowest BCUT2D eigenvalue weighted by Crippen LogP contribution is -2.19. The van der Waals surface area contributed by atoms with Gasteiger partial charge >= 0.3 is 23.9 Å². The molecule has 0 aromatic heterocycles. The maximum Gasteiger partial charge on any atom is 0.339 e. The molecule has 4 atom stereocenters. The van der Waals surface area contributed by atoms with E-state index in [1.165, 1.54) is 0 Å². The second-order valence-electron chi connectivity index (χ2n) is 17.5. The molecule has 4 rings (SSSR count). The molecule has 0 spiro atoms. The molecule has 0 heterocycles. The lowest BCUT2D eigenvalue weighted by molar-refractivity contribution is 0.0382. The van der Waals surface area contributed by atoms with Crippen molar-refractivity contribution in [3.63, 3.8) is 0 Å². The molecule has 0 bridgehead atoms. The minimum absolute atomic E-state index is 0.124. The fourth-order valence-corrected chi connectivity index (χ4v) is 8.33. The molecule has 340 valence electrons. The van der Waals surface area contributed by atoms with Crippen molar-refractivity contribution in [1.82, 2.24) is 0 Å². The molecule has 0 fully saturated rings. The van der Waals surface area contributed by atoms with Crippen LogP contribution in [0.1, 0.15) is 200 Å². The summed E-state index contributed by atoms with van der Waals surface area (Å²) in [5, 5.41) is 4.36. The average Bonchev–Trinajstić information content (AvgIpc) is 3.30. The number of hydrogen-bond acceptors (Lipinski definition) is 8. The molecule has 0 aliphatic carbocycles. The monoisotopic (exact) mass is 853 g/mol. The number of ether oxygens (including phenoxy) is 4. The highest BCUT2D eigenvalue weighted by molar-refractivity contribution is 6.28. The molecule has 4 aromatic carbocycles. The molecule has 62 heavy (non-hydrogen) atoms. The van der Waals surface area contributed by atoms with Crippen LogP contribution in [0.2, 0.25) is 0 Å². The first-order valence-corrected chi connectivity index (χ1v) is 24.2. The van der Waals surface area contributed by atoms with Crippen molar-refractivity contribution in [2.75, 3.05) is 26.4 Å². The number of fused-ring (bicyclic) bond motifs is 6. The fraction of sp³-hybridized carbons (Fsp3) is 0.593. The Labute approximate surface area is 372 Å². The molecule has 0 aliphatic heterocycles. The first kappa shape index (κ1) is 50.2. The first-order chi connectivity index (χ1) is 30.1. The van der Waals surface area contributed by atoms with Crippen LogP contribution in [0.4, 0.5) is 0 Å². The Morgan fingerprint density at radius 1 is 0.371 bits per heavy atom. The zero-order chi connectivity index (χ0) is 45.0. The number of hydrogen-bond donors (Lipinski definition) is 0. The summed E-state index contributed by atoms with van der Waals surface area (Å²) in [5.74, 6) is -1.01. The lowest BCUT2D eigenvalue weighted by atomic mass is 9.89. The van der Waals surface area contributed by atoms with Crippen LogP contribution in [0.5, 0.6) is 0 Å². The van der Waals surface area contributed by atoms with E-state index in [2.05, 4.69) is 55.4 Å². The van der Waals surface area contributed by atoms with Crippen molar-refractivity contribution >= 4 is 56.2 Å². The summed E-state index contributed by atoms with van der Waals surface area (Å²) in [5.41, 5.74) is 1.04. The Kier molecular flexibility index (Phi) is 21.2. The van der Waals surface area contributed by atoms with Crippen molar-refractivity contribution in [3.8, 4) is 0 Å². The van der Waals surface area contributed by atoms with Gasteiger partial charge in [-0.25, -0.2) is 19.2 Å². The maximum absolute atomic E-state index is 14.2. The van der Waals surface area contributed by atoms with Crippen LogP contribution in [0.15, 0.2) is 48.5 Å². The summed E-state index contributed by atoms with van der Waals surface area (Å²) in [6, 6.07) is 14.4. The Morgan fingerprint density at radius 2 is 0.645 bits per heavy atom. The van der Waals surface area contributed by atoms with E-state index in [-0.39, 0.29) is 42.1 Å². The van der Waals surface area contributed by atoms with Gasteiger partial charge in [0.2, 0.25) is 0 Å². The third-order valence-corrected chi connectivity index (χ3v) is 13.0. The van der Waals surface area contributed by atoms with Gasteiger partial charge in [0.1, 0.15) is 0 Å². The molecular weight excluding hydrogens is 777 g/mol. The van der Waals surface area contributed by atoms with E-state index in [1.807, 2.05) is 24.3 Å². The molecule has 8 heteroatoms. The number of carbonyl (C=O) groups is 4. The van der Waals surface area contributed by atoms with E-state index < -0.39 is 23.9 Å². The number of rotatable bonds is 28. The normalized spacial score (nSPS) is 13.5. The van der Waals surface area contributed by atoms with E-state index in [9.17, 15) is 19.2 Å². The third-order valence-electron chi connectivity index (χ3n) is 13.0. The molecule has 0 saturated carbocycles. The molecule has 0 unspecified atom stereocenters. The van der Waals surface area contributed by atoms with Crippen LogP contribution >= 0.6 is 0 Å². The van der Waals surface area contributed by atoms with Crippen molar-refractivity contribution < 1.29 is 38.1 Å². The van der Waals surface area contributed by atoms with Crippen molar-refractivity contribution in [2.45, 2.75) is 158 Å². The predicted octanol–water partition coefficient (Wildman–Crippen LogP) is 14.6. The van der Waals surface area contributed by atoms with Crippen LogP contribution in [-0.2, 0) is 18.9 Å². The topological polar surface area (TPSA) is 105 Å². The lowest BCUT2D eigenvalue weighted by Gasteiger charge is -2.19. The Balaban J connectivity index is 1.91. The van der Waals surface area contributed by atoms with Gasteiger partial charge in [0, 0.05) is 0 Å². The van der Waals surface area contributed by atoms with E-state index >= 15 is 0 Å². The number of carbonyl (C=O) groups excluding carboxylic acids is 4. The van der Waals surface area contributed by atoms with E-state index in [4.69, 9.17) is 18.9 Å². The van der Waals surface area contributed by atoms with E-state index in [0.717, 1.165) is 119 Å². The molecule has 0 amide bonds. The highest BCUT2D eigenvalue weighted by Gasteiger charge is 2.26. The van der Waals surface area contributed by atoms with Gasteiger partial charge in [0.25, 0.3) is 0 Å². The van der Waals surface area contributed by atoms with Crippen LogP contribution in [-0.4, -0.2) is 50.3 Å². The predicted molar refractivity (Wildman–Crippen MR) is 253 cm³/mol. The van der Waals surface area contributed by atoms with Gasteiger partial charge in [-0.05, 0) is 118 Å². The van der Waals surface area contributed by atoms with E-state index in [1.54, 1.807) is 24.3 Å². The molecule has 4 aromatic rings. The van der Waals surface area contributed by atoms with Crippen LogP contribution in [0, 0.1) is 23.7 Å². The molecular formula is C54H76O8. The molecule has 0 radical (unpaired) electrons. The minimum atomic E-state index is -0.587. The largest absolute Gasteiger partial charge is 0.462 e. The number of esters is 4. The van der Waals surface area contributed by atoms with Gasteiger partial charge < -0.3 is 18.9 Å². The maximum atomic E-state index is 14.2. The van der Waals surface area contributed by atoms with Crippen molar-refractivity contribution in [1.29, 1.82) is 0 Å². The van der Waals surface area contributed by atoms with Crippen molar-refractivity contribution in [3.05, 3.63) is 70.8 Å². The van der Waals surface area contributed by atoms with E-state index in [0.29, 0.717) is 46.4 Å². The SMILES string of the molecule is CCCC[C@H](CC)COC(=O)c1ccc2c(c1)c1ccc(C(=O)OC[C@@H](CC)CCCC)cc1c1cc(C(=O)OC[C@@H](CC)CCCC)c(C(=O)OC[C@@H](CC)CCCC)cc21. The standard InChI is InChI=1S/C54H76O8/c1-9-17-21-37(13-5)33-59-51(55)41-26-28-44-45(29-41)43-27-25-42(52(56)60-34-38(14-6)22-18-10-2)30-46(43)48-32-50(54(58)62-36-40(16-8)24-20-12-4)49(31-47(44)48)53(57)61-35-39(15-7)23-19-11-3/h25-32,37-40H,9-24,33-36H2,1-8H3/t37-,38-,39-,40-/m0/s1. The Morgan fingerprint density at radius 3 is 0.952 bits per heavy atom. The summed E-state index contributed by atoms with van der Waals surface area (Å²) in [7, 11) is 0. The quantitative estimate of drug-likeness (QED) is 0.0316.